The van der Waals surface area contributed by atoms with Gasteiger partial charge in [0.1, 0.15) is 30.5 Å². The zero-order valence-corrected chi connectivity index (χ0v) is 18.0. The van der Waals surface area contributed by atoms with E-state index in [1.165, 1.54) is 22.8 Å². The van der Waals surface area contributed by atoms with Gasteiger partial charge in [0, 0.05) is 18.0 Å². The molecule has 8 heteroatoms. The maximum absolute atomic E-state index is 12.6. The first kappa shape index (κ1) is 23.3. The molecule has 0 aliphatic rings. The minimum absolute atomic E-state index is 0.0677. The Labute approximate surface area is 184 Å². The number of hydrogen-bond donors (Lipinski definition) is 1. The van der Waals surface area contributed by atoms with Gasteiger partial charge in [-0.2, -0.15) is 8.78 Å². The van der Waals surface area contributed by atoms with Crippen molar-refractivity contribution in [2.24, 2.45) is 0 Å². The summed E-state index contributed by atoms with van der Waals surface area (Å²) in [5, 5.41) is 9.81. The monoisotopic (exact) mass is 445 g/mol. The second kappa shape index (κ2) is 9.82. The predicted octanol–water partition coefficient (Wildman–Crippen LogP) is 4.48. The Morgan fingerprint density at radius 2 is 1.72 bits per heavy atom. The summed E-state index contributed by atoms with van der Waals surface area (Å²) >= 11 is 0. The van der Waals surface area contributed by atoms with Gasteiger partial charge in [0.15, 0.2) is 0 Å². The first-order chi connectivity index (χ1) is 15.1. The SMILES string of the molecule is Cc1cc(-n2ccc(OCc3ccc(OC(F)F)cc3)cc2=O)ccc1OCC(C)(C)O. The summed E-state index contributed by atoms with van der Waals surface area (Å²) in [6.45, 7) is 2.65. The van der Waals surface area contributed by atoms with Crippen molar-refractivity contribution in [2.45, 2.75) is 39.6 Å². The summed E-state index contributed by atoms with van der Waals surface area (Å²) in [5.74, 6) is 1.09. The second-order valence-electron chi connectivity index (χ2n) is 7.93. The van der Waals surface area contributed by atoms with E-state index >= 15 is 0 Å². The molecule has 0 saturated heterocycles. The van der Waals surface area contributed by atoms with Crippen LogP contribution in [-0.2, 0) is 6.61 Å². The Balaban J connectivity index is 1.66. The molecule has 6 nitrogen and oxygen atoms in total. The lowest BCUT2D eigenvalue weighted by atomic mass is 10.1. The number of halogens is 2. The van der Waals surface area contributed by atoms with Crippen LogP contribution in [-0.4, -0.2) is 28.5 Å². The molecular formula is C24H25F2NO5. The van der Waals surface area contributed by atoms with Gasteiger partial charge in [-0.15, -0.1) is 0 Å². The van der Waals surface area contributed by atoms with Crippen molar-refractivity contribution in [1.29, 1.82) is 0 Å². The van der Waals surface area contributed by atoms with Crippen molar-refractivity contribution < 1.29 is 28.1 Å². The van der Waals surface area contributed by atoms with E-state index in [-0.39, 0.29) is 24.5 Å². The van der Waals surface area contributed by atoms with Gasteiger partial charge in [0.05, 0.1) is 5.60 Å². The average molecular weight is 445 g/mol. The van der Waals surface area contributed by atoms with Crippen molar-refractivity contribution >= 4 is 0 Å². The van der Waals surface area contributed by atoms with Crippen LogP contribution in [0, 0.1) is 6.92 Å². The van der Waals surface area contributed by atoms with Gasteiger partial charge >= 0.3 is 6.61 Å². The molecule has 3 aromatic rings. The number of nitrogens with zero attached hydrogens (tertiary/aromatic N) is 1. The second-order valence-corrected chi connectivity index (χ2v) is 7.93. The van der Waals surface area contributed by atoms with E-state index in [1.807, 2.05) is 13.0 Å². The Bertz CT molecular complexity index is 1100. The molecule has 0 bridgehead atoms. The summed E-state index contributed by atoms with van der Waals surface area (Å²) in [7, 11) is 0. The number of aromatic nitrogens is 1. The highest BCUT2D eigenvalue weighted by molar-refractivity contribution is 5.44. The van der Waals surface area contributed by atoms with Crippen LogP contribution in [0.4, 0.5) is 8.78 Å². The van der Waals surface area contributed by atoms with Crippen molar-refractivity contribution in [3.8, 4) is 22.9 Å². The number of alkyl halides is 2. The summed E-state index contributed by atoms with van der Waals surface area (Å²) in [4.78, 5) is 12.6. The summed E-state index contributed by atoms with van der Waals surface area (Å²) in [6, 6.07) is 14.5. The van der Waals surface area contributed by atoms with E-state index in [1.54, 1.807) is 50.4 Å². The van der Waals surface area contributed by atoms with Crippen molar-refractivity contribution in [3.05, 3.63) is 82.3 Å². The van der Waals surface area contributed by atoms with Gasteiger partial charge in [-0.1, -0.05) is 12.1 Å². The van der Waals surface area contributed by atoms with Crippen LogP contribution in [0.25, 0.3) is 5.69 Å². The molecule has 0 unspecified atom stereocenters. The largest absolute Gasteiger partial charge is 0.490 e. The molecule has 0 atom stereocenters. The first-order valence-corrected chi connectivity index (χ1v) is 9.96. The molecule has 0 spiro atoms. The molecule has 0 amide bonds. The normalized spacial score (nSPS) is 11.5. The van der Waals surface area contributed by atoms with Gasteiger partial charge in [0.25, 0.3) is 5.56 Å². The fourth-order valence-corrected chi connectivity index (χ4v) is 2.90. The lowest BCUT2D eigenvalue weighted by Gasteiger charge is -2.19. The molecular weight excluding hydrogens is 420 g/mol. The summed E-state index contributed by atoms with van der Waals surface area (Å²) < 4.78 is 41.5. The van der Waals surface area contributed by atoms with E-state index < -0.39 is 12.2 Å². The molecule has 0 fully saturated rings. The maximum Gasteiger partial charge on any atom is 0.387 e. The third kappa shape index (κ3) is 6.55. The number of pyridine rings is 1. The Hall–Kier alpha value is -3.39. The third-order valence-electron chi connectivity index (χ3n) is 4.46. The predicted molar refractivity (Wildman–Crippen MR) is 116 cm³/mol. The number of rotatable bonds is 9. The quantitative estimate of drug-likeness (QED) is 0.526. The van der Waals surface area contributed by atoms with Crippen molar-refractivity contribution in [1.82, 2.24) is 4.57 Å². The van der Waals surface area contributed by atoms with Gasteiger partial charge in [-0.3, -0.25) is 9.36 Å². The highest BCUT2D eigenvalue weighted by Crippen LogP contribution is 2.22. The number of benzene rings is 2. The Morgan fingerprint density at radius 1 is 1.00 bits per heavy atom. The molecule has 0 aliphatic heterocycles. The average Bonchev–Trinajstić information content (AvgIpc) is 2.71. The van der Waals surface area contributed by atoms with Crippen LogP contribution >= 0.6 is 0 Å². The third-order valence-corrected chi connectivity index (χ3v) is 4.46. The van der Waals surface area contributed by atoms with Crippen LogP contribution in [0.2, 0.25) is 0 Å². The minimum atomic E-state index is -2.87. The highest BCUT2D eigenvalue weighted by Gasteiger charge is 2.14. The lowest BCUT2D eigenvalue weighted by molar-refractivity contribution is -0.0498. The lowest BCUT2D eigenvalue weighted by Crippen LogP contribution is -2.28. The minimum Gasteiger partial charge on any atom is -0.490 e. The van der Waals surface area contributed by atoms with Gasteiger partial charge in [-0.25, -0.2) is 0 Å². The van der Waals surface area contributed by atoms with E-state index in [0.29, 0.717) is 17.2 Å². The molecule has 170 valence electrons. The van der Waals surface area contributed by atoms with Crippen LogP contribution in [0.15, 0.2) is 65.6 Å². The molecule has 1 N–H and O–H groups in total. The summed E-state index contributed by atoms with van der Waals surface area (Å²) in [5.41, 5.74) is 1.03. The number of aliphatic hydroxyl groups is 1. The standard InChI is InChI=1S/C24H25F2NO5/c1-16-12-18(6-9-21(16)31-15-24(2,3)29)27-11-10-20(13-22(27)28)30-14-17-4-7-19(8-5-17)32-23(25)26/h4-13,23,29H,14-15H2,1-3H3. The fraction of sp³-hybridized carbons (Fsp3) is 0.292. The molecule has 0 radical (unpaired) electrons. The first-order valence-electron chi connectivity index (χ1n) is 9.96. The topological polar surface area (TPSA) is 69.9 Å². The Morgan fingerprint density at radius 3 is 2.31 bits per heavy atom. The molecule has 3 rings (SSSR count). The van der Waals surface area contributed by atoms with Gasteiger partial charge < -0.3 is 19.3 Å². The number of hydrogen-bond acceptors (Lipinski definition) is 5. The maximum atomic E-state index is 12.6. The van der Waals surface area contributed by atoms with Crippen molar-refractivity contribution in [3.63, 3.8) is 0 Å². The van der Waals surface area contributed by atoms with E-state index in [0.717, 1.165) is 11.1 Å². The smallest absolute Gasteiger partial charge is 0.387 e. The molecule has 1 heterocycles. The molecule has 1 aromatic heterocycles. The van der Waals surface area contributed by atoms with Crippen LogP contribution in [0.3, 0.4) is 0 Å². The molecule has 32 heavy (non-hydrogen) atoms. The zero-order valence-electron chi connectivity index (χ0n) is 18.0. The fourth-order valence-electron chi connectivity index (χ4n) is 2.90. The van der Waals surface area contributed by atoms with Gasteiger partial charge in [0.2, 0.25) is 0 Å². The van der Waals surface area contributed by atoms with E-state index in [9.17, 15) is 18.7 Å². The molecule has 0 saturated carbocycles. The summed E-state index contributed by atoms with van der Waals surface area (Å²) in [6.07, 6.45) is 1.61. The Kier molecular flexibility index (Phi) is 7.15. The van der Waals surface area contributed by atoms with Crippen LogP contribution in [0.5, 0.6) is 17.2 Å². The van der Waals surface area contributed by atoms with Crippen LogP contribution < -0.4 is 19.8 Å². The molecule has 0 aliphatic carbocycles. The van der Waals surface area contributed by atoms with E-state index in [2.05, 4.69) is 4.74 Å². The van der Waals surface area contributed by atoms with Gasteiger partial charge in [-0.05, 0) is 68.3 Å². The highest BCUT2D eigenvalue weighted by atomic mass is 19.3. The zero-order chi connectivity index (χ0) is 23.3. The van der Waals surface area contributed by atoms with Crippen molar-refractivity contribution in [2.75, 3.05) is 6.61 Å². The number of aryl methyl sites for hydroxylation is 1. The van der Waals surface area contributed by atoms with Crippen LogP contribution in [0.1, 0.15) is 25.0 Å². The van der Waals surface area contributed by atoms with E-state index in [4.69, 9.17) is 9.47 Å². The molecule has 2 aromatic carbocycles. The number of ether oxygens (including phenoxy) is 3.